The summed E-state index contributed by atoms with van der Waals surface area (Å²) in [5.74, 6) is -0.0280. The van der Waals surface area contributed by atoms with Gasteiger partial charge in [-0.05, 0) is 36.8 Å². The van der Waals surface area contributed by atoms with Crippen LogP contribution in [-0.4, -0.2) is 31.1 Å². The second-order valence-corrected chi connectivity index (χ2v) is 8.45. The second-order valence-electron chi connectivity index (χ2n) is 7.39. The zero-order chi connectivity index (χ0) is 20.5. The highest BCUT2D eigenvalue weighted by molar-refractivity contribution is 7.18. The monoisotopic (exact) mass is 403 g/mol. The highest BCUT2D eigenvalue weighted by atomic mass is 32.1. The molecule has 1 aliphatic heterocycles. The quantitative estimate of drug-likeness (QED) is 0.603. The number of hydrogen-bond donors (Lipinski definition) is 1. The molecule has 0 fully saturated rings. The standard InChI is InChI=1S/C20H21NO6S/c1-11-7-16(21-19(24)20(2,3)4)28-17(11)18(23)25-9-13(22)12-5-6-14-15(8-12)27-10-26-14/h5-8H,9-10H2,1-4H3,(H,21,24). The molecule has 1 amide bonds. The molecule has 2 aromatic rings. The van der Waals surface area contributed by atoms with Crippen molar-refractivity contribution in [3.05, 3.63) is 40.3 Å². The minimum Gasteiger partial charge on any atom is -0.454 e. The fraction of sp³-hybridized carbons (Fsp3) is 0.350. The molecule has 8 heteroatoms. The van der Waals surface area contributed by atoms with Gasteiger partial charge in [-0.3, -0.25) is 9.59 Å². The molecule has 7 nitrogen and oxygen atoms in total. The van der Waals surface area contributed by atoms with E-state index in [9.17, 15) is 14.4 Å². The van der Waals surface area contributed by atoms with Crippen LogP contribution in [0.2, 0.25) is 0 Å². The number of ether oxygens (including phenoxy) is 3. The van der Waals surface area contributed by atoms with Crippen molar-refractivity contribution in [2.45, 2.75) is 27.7 Å². The van der Waals surface area contributed by atoms with E-state index >= 15 is 0 Å². The van der Waals surface area contributed by atoms with E-state index in [0.717, 1.165) is 11.3 Å². The predicted molar refractivity (Wildman–Crippen MR) is 104 cm³/mol. The average molecular weight is 403 g/mol. The summed E-state index contributed by atoms with van der Waals surface area (Å²) in [5, 5.41) is 3.35. The van der Waals surface area contributed by atoms with Crippen molar-refractivity contribution in [3.8, 4) is 11.5 Å². The van der Waals surface area contributed by atoms with Crippen LogP contribution in [0.5, 0.6) is 11.5 Å². The Morgan fingerprint density at radius 3 is 2.57 bits per heavy atom. The Hall–Kier alpha value is -2.87. The van der Waals surface area contributed by atoms with Gasteiger partial charge in [0.15, 0.2) is 23.9 Å². The molecule has 1 aromatic heterocycles. The summed E-state index contributed by atoms with van der Waals surface area (Å²) in [7, 11) is 0. The molecular formula is C20H21NO6S. The first-order valence-corrected chi connectivity index (χ1v) is 9.48. The zero-order valence-corrected chi connectivity index (χ0v) is 16.9. The summed E-state index contributed by atoms with van der Waals surface area (Å²) < 4.78 is 15.6. The Labute approximate surface area is 166 Å². The van der Waals surface area contributed by atoms with Gasteiger partial charge in [0, 0.05) is 11.0 Å². The Bertz CT molecular complexity index is 941. The molecule has 0 unspecified atom stereocenters. The molecule has 0 aliphatic carbocycles. The summed E-state index contributed by atoms with van der Waals surface area (Å²) >= 11 is 1.12. The van der Waals surface area contributed by atoms with Crippen LogP contribution in [0.25, 0.3) is 0 Å². The van der Waals surface area contributed by atoms with Crippen LogP contribution in [-0.2, 0) is 9.53 Å². The molecule has 0 radical (unpaired) electrons. The van der Waals surface area contributed by atoms with E-state index in [1.165, 1.54) is 0 Å². The largest absolute Gasteiger partial charge is 0.454 e. The maximum absolute atomic E-state index is 12.4. The fourth-order valence-corrected chi connectivity index (χ4v) is 3.36. The summed E-state index contributed by atoms with van der Waals surface area (Å²) in [6.45, 7) is 6.89. The number of fused-ring (bicyclic) bond motifs is 1. The number of anilines is 1. The number of carbonyl (C=O) groups is 3. The number of Topliss-reactive ketones (excluding diaryl/α,β-unsaturated/α-hetero) is 1. The summed E-state index contributed by atoms with van der Waals surface area (Å²) in [4.78, 5) is 37.1. The molecule has 0 spiro atoms. The predicted octanol–water partition coefficient (Wildman–Crippen LogP) is 3.81. The number of esters is 1. The highest BCUT2D eigenvalue weighted by Crippen LogP contribution is 2.33. The minimum atomic E-state index is -0.604. The van der Waals surface area contributed by atoms with Crippen LogP contribution >= 0.6 is 11.3 Å². The summed E-state index contributed by atoms with van der Waals surface area (Å²) in [5.41, 5.74) is 0.503. The van der Waals surface area contributed by atoms with Gasteiger partial charge in [0.1, 0.15) is 4.88 Å². The van der Waals surface area contributed by atoms with Gasteiger partial charge in [-0.15, -0.1) is 11.3 Å². The van der Waals surface area contributed by atoms with Crippen LogP contribution in [0.4, 0.5) is 5.00 Å². The molecule has 1 aromatic carbocycles. The first-order valence-electron chi connectivity index (χ1n) is 8.67. The zero-order valence-electron chi connectivity index (χ0n) is 16.1. The lowest BCUT2D eigenvalue weighted by atomic mass is 9.96. The van der Waals surface area contributed by atoms with Gasteiger partial charge in [-0.25, -0.2) is 4.79 Å². The van der Waals surface area contributed by atoms with Gasteiger partial charge < -0.3 is 19.5 Å². The van der Waals surface area contributed by atoms with E-state index in [4.69, 9.17) is 14.2 Å². The molecular weight excluding hydrogens is 382 g/mol. The van der Waals surface area contributed by atoms with Gasteiger partial charge in [0.2, 0.25) is 12.7 Å². The number of rotatable bonds is 5. The van der Waals surface area contributed by atoms with Crippen LogP contribution in [0.15, 0.2) is 24.3 Å². The van der Waals surface area contributed by atoms with Crippen LogP contribution in [0, 0.1) is 12.3 Å². The van der Waals surface area contributed by atoms with Gasteiger partial charge in [0.25, 0.3) is 0 Å². The van der Waals surface area contributed by atoms with Crippen molar-refractivity contribution < 1.29 is 28.6 Å². The van der Waals surface area contributed by atoms with E-state index in [-0.39, 0.29) is 25.1 Å². The molecule has 0 atom stereocenters. The van der Waals surface area contributed by atoms with E-state index in [1.807, 2.05) is 0 Å². The Morgan fingerprint density at radius 1 is 1.14 bits per heavy atom. The van der Waals surface area contributed by atoms with E-state index in [0.29, 0.717) is 32.5 Å². The third-order valence-corrected chi connectivity index (χ3v) is 5.18. The summed E-state index contributed by atoms with van der Waals surface area (Å²) in [6, 6.07) is 6.52. The van der Waals surface area contributed by atoms with Crippen molar-refractivity contribution in [3.63, 3.8) is 0 Å². The molecule has 148 valence electrons. The van der Waals surface area contributed by atoms with Crippen molar-refractivity contribution in [2.24, 2.45) is 5.41 Å². The number of aryl methyl sites for hydroxylation is 1. The molecule has 0 saturated heterocycles. The second kappa shape index (κ2) is 7.63. The Morgan fingerprint density at radius 2 is 1.86 bits per heavy atom. The van der Waals surface area contributed by atoms with Crippen molar-refractivity contribution in [2.75, 3.05) is 18.7 Å². The molecule has 1 aliphatic rings. The molecule has 3 rings (SSSR count). The fourth-order valence-electron chi connectivity index (χ4n) is 2.40. The number of hydrogen-bond acceptors (Lipinski definition) is 7. The number of amides is 1. The Kier molecular flexibility index (Phi) is 5.42. The number of ketones is 1. The van der Waals surface area contributed by atoms with Gasteiger partial charge in [-0.1, -0.05) is 20.8 Å². The minimum absolute atomic E-state index is 0.119. The lowest BCUT2D eigenvalue weighted by Gasteiger charge is -2.16. The van der Waals surface area contributed by atoms with E-state index in [2.05, 4.69) is 5.32 Å². The van der Waals surface area contributed by atoms with Crippen molar-refractivity contribution >= 4 is 34.0 Å². The van der Waals surface area contributed by atoms with E-state index < -0.39 is 11.4 Å². The van der Waals surface area contributed by atoms with Gasteiger partial charge >= 0.3 is 5.97 Å². The Balaban J connectivity index is 1.62. The van der Waals surface area contributed by atoms with Crippen molar-refractivity contribution in [1.82, 2.24) is 0 Å². The first-order chi connectivity index (χ1) is 13.1. The van der Waals surface area contributed by atoms with Crippen LogP contribution in [0.1, 0.15) is 46.4 Å². The average Bonchev–Trinajstić information content (AvgIpc) is 3.24. The third-order valence-electron chi connectivity index (χ3n) is 4.05. The molecule has 0 bridgehead atoms. The normalized spacial score (nSPS) is 12.6. The molecule has 0 saturated carbocycles. The highest BCUT2D eigenvalue weighted by Gasteiger charge is 2.24. The molecule has 2 heterocycles. The SMILES string of the molecule is Cc1cc(NC(=O)C(C)(C)C)sc1C(=O)OCC(=O)c1ccc2c(c1)OCO2. The lowest BCUT2D eigenvalue weighted by Crippen LogP contribution is -2.27. The summed E-state index contributed by atoms with van der Waals surface area (Å²) in [6.07, 6.45) is 0. The maximum Gasteiger partial charge on any atom is 0.349 e. The topological polar surface area (TPSA) is 90.9 Å². The number of thiophene rings is 1. The van der Waals surface area contributed by atoms with Crippen LogP contribution < -0.4 is 14.8 Å². The van der Waals surface area contributed by atoms with Gasteiger partial charge in [-0.2, -0.15) is 0 Å². The number of benzene rings is 1. The first kappa shape index (κ1) is 19.9. The molecule has 28 heavy (non-hydrogen) atoms. The van der Waals surface area contributed by atoms with Crippen molar-refractivity contribution in [1.29, 1.82) is 0 Å². The third kappa shape index (κ3) is 4.33. The number of nitrogens with one attached hydrogen (secondary N) is 1. The number of carbonyl (C=O) groups excluding carboxylic acids is 3. The lowest BCUT2D eigenvalue weighted by molar-refractivity contribution is -0.123. The van der Waals surface area contributed by atoms with Crippen LogP contribution in [0.3, 0.4) is 0 Å². The van der Waals surface area contributed by atoms with E-state index in [1.54, 1.807) is 52.0 Å². The maximum atomic E-state index is 12.4. The smallest absolute Gasteiger partial charge is 0.349 e. The molecule has 1 N–H and O–H groups in total. The van der Waals surface area contributed by atoms with Gasteiger partial charge in [0.05, 0.1) is 5.00 Å².